The van der Waals surface area contributed by atoms with E-state index in [1.807, 2.05) is 0 Å². The zero-order chi connectivity index (χ0) is 15.3. The number of carbonyl (C=O) groups is 3. The lowest BCUT2D eigenvalue weighted by Gasteiger charge is -2.21. The quantitative estimate of drug-likeness (QED) is 0.744. The van der Waals surface area contributed by atoms with Gasteiger partial charge in [-0.1, -0.05) is 13.8 Å². The number of rotatable bonds is 5. The van der Waals surface area contributed by atoms with E-state index < -0.39 is 23.3 Å². The Kier molecular flexibility index (Phi) is 4.84. The van der Waals surface area contributed by atoms with Gasteiger partial charge in [0.2, 0.25) is 5.91 Å². The first-order chi connectivity index (χ1) is 9.19. The number of imide groups is 1. The number of hydrogen-bond acceptors (Lipinski definition) is 4. The van der Waals surface area contributed by atoms with Crippen molar-refractivity contribution in [2.24, 2.45) is 12.5 Å². The number of aliphatic carboxylic acids is 1. The molecule has 20 heavy (non-hydrogen) atoms. The highest BCUT2D eigenvalue weighted by molar-refractivity contribution is 6.00. The number of carboxylic acid groups (broad SMARTS) is 1. The van der Waals surface area contributed by atoms with E-state index in [1.54, 1.807) is 27.0 Å². The van der Waals surface area contributed by atoms with Gasteiger partial charge < -0.3 is 5.11 Å². The molecule has 1 aromatic rings. The highest BCUT2D eigenvalue weighted by Crippen LogP contribution is 2.24. The van der Waals surface area contributed by atoms with E-state index in [0.717, 1.165) is 0 Å². The molecular formula is C12H18N4O4. The monoisotopic (exact) mass is 282 g/mol. The molecule has 1 aromatic heterocycles. The van der Waals surface area contributed by atoms with E-state index in [4.69, 9.17) is 5.11 Å². The van der Waals surface area contributed by atoms with Crippen LogP contribution in [0.15, 0.2) is 12.3 Å². The Morgan fingerprint density at radius 3 is 2.50 bits per heavy atom. The Hall–Kier alpha value is -2.38. The van der Waals surface area contributed by atoms with E-state index in [9.17, 15) is 14.4 Å². The van der Waals surface area contributed by atoms with E-state index >= 15 is 0 Å². The molecule has 3 amide bonds. The van der Waals surface area contributed by atoms with Crippen LogP contribution < -0.4 is 10.6 Å². The normalized spacial score (nSPS) is 10.9. The van der Waals surface area contributed by atoms with Crippen LogP contribution in [0.2, 0.25) is 0 Å². The molecule has 0 saturated heterocycles. The molecule has 8 nitrogen and oxygen atoms in total. The highest BCUT2D eigenvalue weighted by atomic mass is 16.4. The number of carbonyl (C=O) groups excluding carboxylic acids is 2. The van der Waals surface area contributed by atoms with Crippen molar-refractivity contribution in [2.75, 3.05) is 5.32 Å². The van der Waals surface area contributed by atoms with Crippen molar-refractivity contribution in [2.45, 2.75) is 26.7 Å². The van der Waals surface area contributed by atoms with E-state index in [0.29, 0.717) is 5.82 Å². The summed E-state index contributed by atoms with van der Waals surface area (Å²) >= 11 is 0. The Balaban J connectivity index is 2.48. The molecule has 0 aliphatic carbocycles. The van der Waals surface area contributed by atoms with E-state index in [1.165, 1.54) is 10.9 Å². The number of urea groups is 1. The molecule has 0 radical (unpaired) electrons. The molecule has 0 spiro atoms. The predicted octanol–water partition coefficient (Wildman–Crippen LogP) is 0.959. The number of nitrogens with one attached hydrogen (secondary N) is 2. The van der Waals surface area contributed by atoms with Crippen molar-refractivity contribution in [3.63, 3.8) is 0 Å². The summed E-state index contributed by atoms with van der Waals surface area (Å²) in [5, 5.41) is 17.2. The van der Waals surface area contributed by atoms with Gasteiger partial charge in [0.15, 0.2) is 0 Å². The lowest BCUT2D eigenvalue weighted by molar-refractivity contribution is -0.139. The minimum absolute atomic E-state index is 0.0574. The minimum Gasteiger partial charge on any atom is -0.481 e. The van der Waals surface area contributed by atoms with Gasteiger partial charge in [-0.2, -0.15) is 5.10 Å². The maximum atomic E-state index is 11.7. The molecule has 1 heterocycles. The number of amides is 3. The maximum absolute atomic E-state index is 11.7. The second-order valence-corrected chi connectivity index (χ2v) is 5.25. The minimum atomic E-state index is -0.984. The van der Waals surface area contributed by atoms with E-state index in [2.05, 4.69) is 15.7 Å². The molecule has 0 unspecified atom stereocenters. The average molecular weight is 282 g/mol. The molecule has 1 rings (SSSR count). The number of aromatic nitrogens is 2. The molecule has 8 heteroatoms. The summed E-state index contributed by atoms with van der Waals surface area (Å²) in [4.78, 5) is 33.9. The zero-order valence-electron chi connectivity index (χ0n) is 11.6. The molecule has 0 atom stereocenters. The number of nitrogens with zero attached hydrogens (tertiary/aromatic N) is 2. The summed E-state index contributed by atoms with van der Waals surface area (Å²) < 4.78 is 1.44. The fraction of sp³-hybridized carbons (Fsp3) is 0.500. The van der Waals surface area contributed by atoms with Crippen molar-refractivity contribution < 1.29 is 19.5 Å². The Morgan fingerprint density at radius 2 is 2.00 bits per heavy atom. The van der Waals surface area contributed by atoms with Gasteiger partial charge >= 0.3 is 12.0 Å². The topological polar surface area (TPSA) is 113 Å². The summed E-state index contributed by atoms with van der Waals surface area (Å²) in [6, 6.07) is 0.906. The van der Waals surface area contributed by atoms with Crippen LogP contribution in [0.1, 0.15) is 26.7 Å². The largest absolute Gasteiger partial charge is 0.481 e. The molecule has 0 aliphatic heterocycles. The maximum Gasteiger partial charge on any atom is 0.327 e. The third kappa shape index (κ3) is 5.09. The standard InChI is InChI=1S/C12H18N4O4/c1-12(2,7-10(18)19)6-9(17)15-11(20)14-8-4-5-13-16(8)3/h4-5H,6-7H2,1-3H3,(H,18,19)(H2,14,15,17,20). The second-order valence-electron chi connectivity index (χ2n) is 5.25. The Bertz CT molecular complexity index is 521. The van der Waals surface area contributed by atoms with Crippen molar-refractivity contribution in [3.05, 3.63) is 12.3 Å². The number of aryl methyl sites for hydroxylation is 1. The first-order valence-corrected chi connectivity index (χ1v) is 6.00. The molecule has 0 fully saturated rings. The average Bonchev–Trinajstić information content (AvgIpc) is 2.60. The van der Waals surface area contributed by atoms with Crippen LogP contribution in [0.4, 0.5) is 10.6 Å². The van der Waals surface area contributed by atoms with Crippen LogP contribution in [0.5, 0.6) is 0 Å². The van der Waals surface area contributed by atoms with Gasteiger partial charge in [0.25, 0.3) is 0 Å². The van der Waals surface area contributed by atoms with Crippen molar-refractivity contribution in [3.8, 4) is 0 Å². The Morgan fingerprint density at radius 1 is 1.35 bits per heavy atom. The molecular weight excluding hydrogens is 264 g/mol. The molecule has 3 N–H and O–H groups in total. The summed E-state index contributed by atoms with van der Waals surface area (Å²) in [5.41, 5.74) is -0.720. The third-order valence-corrected chi connectivity index (χ3v) is 2.58. The van der Waals surface area contributed by atoms with E-state index in [-0.39, 0.29) is 12.8 Å². The second kappa shape index (κ2) is 6.18. The first-order valence-electron chi connectivity index (χ1n) is 6.00. The number of hydrogen-bond donors (Lipinski definition) is 3. The van der Waals surface area contributed by atoms with Crippen molar-refractivity contribution in [1.82, 2.24) is 15.1 Å². The van der Waals surface area contributed by atoms with Gasteiger partial charge in [-0.15, -0.1) is 0 Å². The predicted molar refractivity (Wildman–Crippen MR) is 71.0 cm³/mol. The van der Waals surface area contributed by atoms with Gasteiger partial charge in [0, 0.05) is 19.5 Å². The first kappa shape index (κ1) is 15.7. The lowest BCUT2D eigenvalue weighted by atomic mass is 9.85. The molecule has 0 aliphatic rings. The molecule has 0 saturated carbocycles. The van der Waals surface area contributed by atoms with Gasteiger partial charge in [-0.3, -0.25) is 24.9 Å². The zero-order valence-corrected chi connectivity index (χ0v) is 11.6. The van der Waals surface area contributed by atoms with Gasteiger partial charge in [-0.05, 0) is 5.41 Å². The fourth-order valence-electron chi connectivity index (χ4n) is 1.72. The Labute approximate surface area is 116 Å². The van der Waals surface area contributed by atoms with Crippen LogP contribution in [0.3, 0.4) is 0 Å². The third-order valence-electron chi connectivity index (χ3n) is 2.58. The molecule has 0 aromatic carbocycles. The smallest absolute Gasteiger partial charge is 0.327 e. The van der Waals surface area contributed by atoms with Crippen LogP contribution in [-0.2, 0) is 16.6 Å². The molecule has 0 bridgehead atoms. The van der Waals surface area contributed by atoms with Crippen molar-refractivity contribution in [1.29, 1.82) is 0 Å². The highest BCUT2D eigenvalue weighted by Gasteiger charge is 2.26. The van der Waals surface area contributed by atoms with Crippen molar-refractivity contribution >= 4 is 23.7 Å². The number of anilines is 1. The summed E-state index contributed by atoms with van der Waals surface area (Å²) in [5.74, 6) is -1.07. The SMILES string of the molecule is Cn1nccc1NC(=O)NC(=O)CC(C)(C)CC(=O)O. The number of carboxylic acids is 1. The molecule has 110 valence electrons. The lowest BCUT2D eigenvalue weighted by Crippen LogP contribution is -2.37. The fourth-order valence-corrected chi connectivity index (χ4v) is 1.72. The summed E-state index contributed by atoms with van der Waals surface area (Å²) in [7, 11) is 1.65. The van der Waals surface area contributed by atoms with Crippen LogP contribution in [0.25, 0.3) is 0 Å². The van der Waals surface area contributed by atoms with Crippen LogP contribution >= 0.6 is 0 Å². The van der Waals surface area contributed by atoms with Gasteiger partial charge in [0.1, 0.15) is 5.82 Å². The summed E-state index contributed by atoms with van der Waals surface area (Å²) in [6.45, 7) is 3.31. The van der Waals surface area contributed by atoms with Crippen LogP contribution in [-0.4, -0.2) is 32.8 Å². The summed E-state index contributed by atoms with van der Waals surface area (Å²) in [6.07, 6.45) is 1.30. The van der Waals surface area contributed by atoms with Crippen LogP contribution in [0, 0.1) is 5.41 Å². The van der Waals surface area contributed by atoms with Gasteiger partial charge in [-0.25, -0.2) is 4.79 Å². The van der Waals surface area contributed by atoms with Gasteiger partial charge in [0.05, 0.1) is 12.6 Å².